The summed E-state index contributed by atoms with van der Waals surface area (Å²) in [6, 6.07) is 6.05. The van der Waals surface area contributed by atoms with Gasteiger partial charge in [0, 0.05) is 26.1 Å². The van der Waals surface area contributed by atoms with Gasteiger partial charge in [0.05, 0.1) is 11.7 Å². The molecule has 6 nitrogen and oxygen atoms in total. The van der Waals surface area contributed by atoms with Crippen molar-refractivity contribution in [3.05, 3.63) is 52.7 Å². The lowest BCUT2D eigenvalue weighted by molar-refractivity contribution is -0.134. The molecule has 1 aliphatic heterocycles. The monoisotopic (exact) mass is 387 g/mol. The van der Waals surface area contributed by atoms with Gasteiger partial charge in [0.1, 0.15) is 17.1 Å². The van der Waals surface area contributed by atoms with E-state index in [2.05, 4.69) is 5.16 Å². The van der Waals surface area contributed by atoms with Crippen LogP contribution in [-0.2, 0) is 11.3 Å². The lowest BCUT2D eigenvalue weighted by Gasteiger charge is -2.34. The van der Waals surface area contributed by atoms with Crippen molar-refractivity contribution in [1.29, 1.82) is 0 Å². The lowest BCUT2D eigenvalue weighted by atomic mass is 10.0. The van der Waals surface area contributed by atoms with Crippen molar-refractivity contribution < 1.29 is 18.5 Å². The number of amides is 2. The SMILES string of the molecule is Cc1noc(C)c1C(=O)N1CCC(=O)N(Cc2ccc(F)cc2)[C@H](C(C)C)C1. The van der Waals surface area contributed by atoms with E-state index in [1.54, 1.807) is 30.9 Å². The predicted octanol–water partition coefficient (Wildman–Crippen LogP) is 3.33. The molecule has 2 amide bonds. The highest BCUT2D eigenvalue weighted by Crippen LogP contribution is 2.23. The third-order valence-electron chi connectivity index (χ3n) is 5.29. The molecule has 1 aliphatic rings. The number of halogens is 1. The topological polar surface area (TPSA) is 66.7 Å². The molecule has 1 saturated heterocycles. The van der Waals surface area contributed by atoms with Gasteiger partial charge in [0.25, 0.3) is 5.91 Å². The van der Waals surface area contributed by atoms with Crippen molar-refractivity contribution in [2.75, 3.05) is 13.1 Å². The van der Waals surface area contributed by atoms with Crippen LogP contribution in [0.1, 0.15) is 47.6 Å². The van der Waals surface area contributed by atoms with E-state index in [1.807, 2.05) is 18.7 Å². The molecule has 0 saturated carbocycles. The summed E-state index contributed by atoms with van der Waals surface area (Å²) in [5, 5.41) is 3.87. The minimum absolute atomic E-state index is 0.00270. The summed E-state index contributed by atoms with van der Waals surface area (Å²) in [6.45, 7) is 8.73. The maximum absolute atomic E-state index is 13.2. The van der Waals surface area contributed by atoms with E-state index >= 15 is 0 Å². The summed E-state index contributed by atoms with van der Waals surface area (Å²) < 4.78 is 18.4. The minimum Gasteiger partial charge on any atom is -0.361 e. The van der Waals surface area contributed by atoms with Crippen molar-refractivity contribution in [1.82, 2.24) is 15.0 Å². The molecule has 1 atom stereocenters. The van der Waals surface area contributed by atoms with Crippen molar-refractivity contribution in [2.24, 2.45) is 5.92 Å². The van der Waals surface area contributed by atoms with E-state index in [-0.39, 0.29) is 36.0 Å². The number of carbonyl (C=O) groups is 2. The van der Waals surface area contributed by atoms with Gasteiger partial charge in [0.15, 0.2) is 0 Å². The summed E-state index contributed by atoms with van der Waals surface area (Å²) in [7, 11) is 0. The predicted molar refractivity (Wildman–Crippen MR) is 102 cm³/mol. The Morgan fingerprint density at radius 3 is 2.54 bits per heavy atom. The van der Waals surface area contributed by atoms with Gasteiger partial charge in [0.2, 0.25) is 5.91 Å². The van der Waals surface area contributed by atoms with E-state index in [0.29, 0.717) is 36.7 Å². The second-order valence-corrected chi connectivity index (χ2v) is 7.66. The van der Waals surface area contributed by atoms with Crippen molar-refractivity contribution in [3.8, 4) is 0 Å². The molecular weight excluding hydrogens is 361 g/mol. The molecule has 7 heteroatoms. The molecular formula is C21H26FN3O3. The number of nitrogens with zero attached hydrogens (tertiary/aromatic N) is 3. The molecule has 0 spiro atoms. The normalized spacial score (nSPS) is 17.9. The summed E-state index contributed by atoms with van der Waals surface area (Å²) in [4.78, 5) is 29.5. The highest BCUT2D eigenvalue weighted by Gasteiger charge is 2.35. The maximum atomic E-state index is 13.2. The summed E-state index contributed by atoms with van der Waals surface area (Å²) in [6.07, 6.45) is 0.250. The Morgan fingerprint density at radius 1 is 1.29 bits per heavy atom. The highest BCUT2D eigenvalue weighted by atomic mass is 19.1. The molecule has 1 aromatic heterocycles. The van der Waals surface area contributed by atoms with Gasteiger partial charge in [-0.1, -0.05) is 31.1 Å². The second-order valence-electron chi connectivity index (χ2n) is 7.66. The highest BCUT2D eigenvalue weighted by molar-refractivity contribution is 5.96. The van der Waals surface area contributed by atoms with Gasteiger partial charge in [-0.3, -0.25) is 9.59 Å². The summed E-state index contributed by atoms with van der Waals surface area (Å²) >= 11 is 0. The fraction of sp³-hybridized carbons (Fsp3) is 0.476. The van der Waals surface area contributed by atoms with Crippen molar-refractivity contribution >= 4 is 11.8 Å². The molecule has 0 radical (unpaired) electrons. The second kappa shape index (κ2) is 8.12. The van der Waals surface area contributed by atoms with E-state index in [4.69, 9.17) is 4.52 Å². The van der Waals surface area contributed by atoms with E-state index in [0.717, 1.165) is 5.56 Å². The standard InChI is InChI=1S/C21H26FN3O3/c1-13(2)18-12-24(21(27)20-14(3)23-28-15(20)4)10-9-19(26)25(18)11-16-5-7-17(22)8-6-16/h5-8,13,18H,9-12H2,1-4H3/t18-/m0/s1. The number of benzene rings is 1. The Labute approximate surface area is 164 Å². The Balaban J connectivity index is 1.85. The molecule has 0 N–H and O–H groups in total. The molecule has 28 heavy (non-hydrogen) atoms. The smallest absolute Gasteiger partial charge is 0.259 e. The van der Waals surface area contributed by atoms with Crippen LogP contribution in [0.15, 0.2) is 28.8 Å². The van der Waals surface area contributed by atoms with Crippen LogP contribution in [0.4, 0.5) is 4.39 Å². The first-order chi connectivity index (χ1) is 13.3. The van der Waals surface area contributed by atoms with Crippen LogP contribution in [0.2, 0.25) is 0 Å². The van der Waals surface area contributed by atoms with E-state index in [1.165, 1.54) is 12.1 Å². The first kappa shape index (κ1) is 20.0. The van der Waals surface area contributed by atoms with Crippen LogP contribution < -0.4 is 0 Å². The largest absolute Gasteiger partial charge is 0.361 e. The Bertz CT molecular complexity index is 841. The Kier molecular flexibility index (Phi) is 5.82. The molecule has 0 aliphatic carbocycles. The van der Waals surface area contributed by atoms with Crippen LogP contribution in [-0.4, -0.2) is 45.9 Å². The first-order valence-electron chi connectivity index (χ1n) is 9.54. The van der Waals surface area contributed by atoms with Gasteiger partial charge in [-0.25, -0.2) is 4.39 Å². The average Bonchev–Trinajstić information content (AvgIpc) is 2.89. The molecule has 0 unspecified atom stereocenters. The first-order valence-corrected chi connectivity index (χ1v) is 9.54. The van der Waals surface area contributed by atoms with Crippen LogP contribution in [0.3, 0.4) is 0 Å². The molecule has 1 fully saturated rings. The van der Waals surface area contributed by atoms with Crippen LogP contribution >= 0.6 is 0 Å². The number of aryl methyl sites for hydroxylation is 2. The third kappa shape index (κ3) is 4.08. The quantitative estimate of drug-likeness (QED) is 0.807. The maximum Gasteiger partial charge on any atom is 0.259 e. The van der Waals surface area contributed by atoms with E-state index in [9.17, 15) is 14.0 Å². The van der Waals surface area contributed by atoms with Crippen molar-refractivity contribution in [2.45, 2.75) is 46.7 Å². The molecule has 3 rings (SSSR count). The zero-order valence-corrected chi connectivity index (χ0v) is 16.7. The number of carbonyl (C=O) groups excluding carboxylic acids is 2. The molecule has 1 aromatic carbocycles. The molecule has 2 heterocycles. The number of rotatable bonds is 4. The van der Waals surface area contributed by atoms with Gasteiger partial charge >= 0.3 is 0 Å². The lowest BCUT2D eigenvalue weighted by Crippen LogP contribution is -2.47. The zero-order chi connectivity index (χ0) is 20.4. The number of hydrogen-bond donors (Lipinski definition) is 0. The van der Waals surface area contributed by atoms with Gasteiger partial charge < -0.3 is 14.3 Å². The Hall–Kier alpha value is -2.70. The molecule has 150 valence electrons. The van der Waals surface area contributed by atoms with Crippen molar-refractivity contribution in [3.63, 3.8) is 0 Å². The minimum atomic E-state index is -0.303. The fourth-order valence-corrected chi connectivity index (χ4v) is 3.67. The molecule has 2 aromatic rings. The van der Waals surface area contributed by atoms with E-state index < -0.39 is 0 Å². The zero-order valence-electron chi connectivity index (χ0n) is 16.7. The fourth-order valence-electron chi connectivity index (χ4n) is 3.67. The van der Waals surface area contributed by atoms with Gasteiger partial charge in [-0.2, -0.15) is 0 Å². The van der Waals surface area contributed by atoms with Crippen LogP contribution in [0, 0.1) is 25.6 Å². The van der Waals surface area contributed by atoms with Gasteiger partial charge in [-0.15, -0.1) is 0 Å². The summed E-state index contributed by atoms with van der Waals surface area (Å²) in [5.41, 5.74) is 1.90. The van der Waals surface area contributed by atoms with Crippen LogP contribution in [0.25, 0.3) is 0 Å². The average molecular weight is 387 g/mol. The number of aromatic nitrogens is 1. The van der Waals surface area contributed by atoms with Gasteiger partial charge in [-0.05, 0) is 37.5 Å². The molecule has 0 bridgehead atoms. The summed E-state index contributed by atoms with van der Waals surface area (Å²) in [5.74, 6) is 0.183. The number of hydrogen-bond acceptors (Lipinski definition) is 4. The third-order valence-corrected chi connectivity index (χ3v) is 5.29. The van der Waals surface area contributed by atoms with Crippen LogP contribution in [0.5, 0.6) is 0 Å². The Morgan fingerprint density at radius 2 is 1.96 bits per heavy atom.